The first-order chi connectivity index (χ1) is 9.86. The van der Waals surface area contributed by atoms with Crippen molar-refractivity contribution in [2.45, 2.75) is 56.8 Å². The van der Waals surface area contributed by atoms with Gasteiger partial charge in [0.25, 0.3) is 0 Å². The van der Waals surface area contributed by atoms with Crippen LogP contribution < -0.4 is 0 Å². The normalized spacial score (nSPS) is 29.5. The number of ether oxygens (including phenoxy) is 1. The van der Waals surface area contributed by atoms with Gasteiger partial charge in [-0.2, -0.15) is 13.2 Å². The highest BCUT2D eigenvalue weighted by atomic mass is 19.4. The molecule has 1 saturated carbocycles. The Morgan fingerprint density at radius 1 is 1.19 bits per heavy atom. The molecule has 122 valence electrons. The fraction of sp³-hybridized carbons (Fsp3) is 0.929. The monoisotopic (exact) mass is 309 g/mol. The van der Waals surface area contributed by atoms with E-state index in [1.54, 1.807) is 0 Å². The van der Waals surface area contributed by atoms with Crippen LogP contribution in [-0.4, -0.2) is 54.0 Å². The number of rotatable bonds is 4. The van der Waals surface area contributed by atoms with E-state index >= 15 is 0 Å². The van der Waals surface area contributed by atoms with Crippen LogP contribution in [0.15, 0.2) is 0 Å². The van der Waals surface area contributed by atoms with Crippen LogP contribution in [-0.2, 0) is 9.53 Å². The van der Waals surface area contributed by atoms with E-state index in [9.17, 15) is 18.0 Å². The molecule has 21 heavy (non-hydrogen) atoms. The first kappa shape index (κ1) is 16.5. The number of piperidine rings is 1. The molecule has 2 rings (SSSR count). The molecule has 1 N–H and O–H groups in total. The topological polar surface area (TPSA) is 49.8 Å². The molecule has 0 aromatic heterocycles. The van der Waals surface area contributed by atoms with Gasteiger partial charge in [-0.1, -0.05) is 6.42 Å². The van der Waals surface area contributed by atoms with Gasteiger partial charge in [-0.15, -0.1) is 0 Å². The van der Waals surface area contributed by atoms with E-state index < -0.39 is 18.1 Å². The van der Waals surface area contributed by atoms with Crippen LogP contribution in [0, 0.1) is 5.92 Å². The number of likely N-dealkylation sites (tertiary alicyclic amines) is 1. The molecule has 0 aromatic carbocycles. The van der Waals surface area contributed by atoms with E-state index in [1.165, 1.54) is 0 Å². The third kappa shape index (κ3) is 4.85. The van der Waals surface area contributed by atoms with Crippen LogP contribution in [0.2, 0.25) is 0 Å². The molecule has 1 saturated heterocycles. The fourth-order valence-electron chi connectivity index (χ4n) is 3.39. The minimum atomic E-state index is -4.08. The van der Waals surface area contributed by atoms with Crippen LogP contribution in [0.4, 0.5) is 13.2 Å². The molecule has 0 spiro atoms. The summed E-state index contributed by atoms with van der Waals surface area (Å²) in [6.07, 6.45) is -0.873. The summed E-state index contributed by atoms with van der Waals surface area (Å²) in [6, 6.07) is 0.00537. The van der Waals surface area contributed by atoms with Gasteiger partial charge in [0.1, 0.15) is 6.61 Å². The summed E-state index contributed by atoms with van der Waals surface area (Å²) in [5.74, 6) is -2.16. The van der Waals surface area contributed by atoms with Crippen LogP contribution >= 0.6 is 0 Å². The second-order valence-electron chi connectivity index (χ2n) is 6.00. The van der Waals surface area contributed by atoms with Crippen LogP contribution in [0.5, 0.6) is 0 Å². The molecule has 0 bridgehead atoms. The number of carboxylic acids is 1. The molecule has 0 amide bonds. The first-order valence-corrected chi connectivity index (χ1v) is 7.50. The molecule has 2 fully saturated rings. The molecule has 7 heteroatoms. The van der Waals surface area contributed by atoms with Gasteiger partial charge in [0.2, 0.25) is 0 Å². The number of aliphatic carboxylic acids is 1. The van der Waals surface area contributed by atoms with Crippen molar-refractivity contribution in [1.29, 1.82) is 0 Å². The van der Waals surface area contributed by atoms with Gasteiger partial charge >= 0.3 is 12.1 Å². The molecule has 1 heterocycles. The molecule has 1 aliphatic heterocycles. The Hall–Kier alpha value is -0.820. The van der Waals surface area contributed by atoms with E-state index in [1.807, 2.05) is 0 Å². The fourth-order valence-corrected chi connectivity index (χ4v) is 3.39. The summed E-state index contributed by atoms with van der Waals surface area (Å²) in [6.45, 7) is 1.09. The Labute approximate surface area is 122 Å². The Morgan fingerprint density at radius 3 is 2.43 bits per heavy atom. The number of halogens is 3. The van der Waals surface area contributed by atoms with Gasteiger partial charge in [0.05, 0.1) is 12.0 Å². The maximum Gasteiger partial charge on any atom is 0.391 e. The van der Waals surface area contributed by atoms with Gasteiger partial charge in [0.15, 0.2) is 0 Å². The van der Waals surface area contributed by atoms with Crippen LogP contribution in [0.25, 0.3) is 0 Å². The van der Waals surface area contributed by atoms with Gasteiger partial charge in [-0.3, -0.25) is 0 Å². The van der Waals surface area contributed by atoms with E-state index in [0.717, 1.165) is 6.42 Å². The van der Waals surface area contributed by atoms with Crippen LogP contribution in [0.1, 0.15) is 38.5 Å². The molecule has 4 nitrogen and oxygen atoms in total. The second kappa shape index (κ2) is 6.96. The first-order valence-electron chi connectivity index (χ1n) is 7.50. The number of hydrogen-bond donors (Lipinski definition) is 1. The summed E-state index contributed by atoms with van der Waals surface area (Å²) in [7, 11) is 0. The molecular formula is C14H22F3NO3. The molecule has 0 aromatic rings. The summed E-state index contributed by atoms with van der Waals surface area (Å²) < 4.78 is 43.7. The lowest BCUT2D eigenvalue weighted by Gasteiger charge is -2.41. The highest BCUT2D eigenvalue weighted by molar-refractivity contribution is 5.68. The Morgan fingerprint density at radius 2 is 1.86 bits per heavy atom. The van der Waals surface area contributed by atoms with Crippen molar-refractivity contribution in [2.75, 3.05) is 19.7 Å². The summed E-state index contributed by atoms with van der Waals surface area (Å²) >= 11 is 0. The van der Waals surface area contributed by atoms with Crippen molar-refractivity contribution < 1.29 is 27.8 Å². The lowest BCUT2D eigenvalue weighted by Crippen LogP contribution is -2.47. The smallest absolute Gasteiger partial charge is 0.391 e. The van der Waals surface area contributed by atoms with Gasteiger partial charge in [-0.25, -0.2) is 4.79 Å². The van der Waals surface area contributed by atoms with Crippen molar-refractivity contribution in [3.05, 3.63) is 0 Å². The molecule has 2 unspecified atom stereocenters. The third-order valence-corrected chi connectivity index (χ3v) is 4.54. The number of nitrogens with zero attached hydrogens (tertiary/aromatic N) is 1. The van der Waals surface area contributed by atoms with E-state index in [4.69, 9.17) is 9.84 Å². The van der Waals surface area contributed by atoms with E-state index in [0.29, 0.717) is 32.4 Å². The minimum absolute atomic E-state index is 0.00537. The Kier molecular flexibility index (Phi) is 5.48. The number of hydrogen-bond acceptors (Lipinski definition) is 3. The zero-order valence-corrected chi connectivity index (χ0v) is 11.9. The molecular weight excluding hydrogens is 287 g/mol. The van der Waals surface area contributed by atoms with Crippen LogP contribution in [0.3, 0.4) is 0 Å². The summed E-state index contributed by atoms with van der Waals surface area (Å²) in [5.41, 5.74) is 0. The average molecular weight is 309 g/mol. The van der Waals surface area contributed by atoms with Crippen molar-refractivity contribution >= 4 is 5.97 Å². The summed E-state index contributed by atoms with van der Waals surface area (Å²) in [5, 5.41) is 8.56. The number of carbonyl (C=O) groups is 1. The van der Waals surface area contributed by atoms with Crippen molar-refractivity contribution in [1.82, 2.24) is 4.90 Å². The van der Waals surface area contributed by atoms with Crippen molar-refractivity contribution in [3.63, 3.8) is 0 Å². The number of carboxylic acid groups (broad SMARTS) is 1. The highest BCUT2D eigenvalue weighted by Gasteiger charge is 2.43. The van der Waals surface area contributed by atoms with Crippen molar-refractivity contribution in [2.24, 2.45) is 5.92 Å². The minimum Gasteiger partial charge on any atom is -0.480 e. The summed E-state index contributed by atoms with van der Waals surface area (Å²) in [4.78, 5) is 12.6. The average Bonchev–Trinajstić information content (AvgIpc) is 2.45. The lowest BCUT2D eigenvalue weighted by atomic mass is 9.84. The van der Waals surface area contributed by atoms with Gasteiger partial charge in [0, 0.05) is 19.1 Å². The highest BCUT2D eigenvalue weighted by Crippen LogP contribution is 2.39. The zero-order valence-electron chi connectivity index (χ0n) is 11.9. The lowest BCUT2D eigenvalue weighted by molar-refractivity contribution is -0.187. The maximum atomic E-state index is 12.8. The Balaban J connectivity index is 1.78. The predicted molar refractivity (Wildman–Crippen MR) is 70.0 cm³/mol. The zero-order chi connectivity index (χ0) is 15.5. The second-order valence-corrected chi connectivity index (χ2v) is 6.00. The largest absolute Gasteiger partial charge is 0.480 e. The molecule has 2 atom stereocenters. The van der Waals surface area contributed by atoms with Gasteiger partial charge in [-0.05, 0) is 32.1 Å². The third-order valence-electron chi connectivity index (χ3n) is 4.54. The molecule has 2 aliphatic rings. The molecule has 0 radical (unpaired) electrons. The van der Waals surface area contributed by atoms with Gasteiger partial charge < -0.3 is 14.7 Å². The maximum absolute atomic E-state index is 12.8. The molecule has 1 aliphatic carbocycles. The van der Waals surface area contributed by atoms with E-state index in [2.05, 4.69) is 4.90 Å². The quantitative estimate of drug-likeness (QED) is 0.867. The predicted octanol–water partition coefficient (Wildman–Crippen LogP) is 2.67. The standard InChI is InChI=1S/C14H22F3NO3/c15-14(16,17)10-2-1-3-11(8-10)18-6-4-12(5-7-18)21-9-13(19)20/h10-12H,1-9H2,(H,19,20). The number of alkyl halides is 3. The Bertz CT molecular complexity index is 354. The van der Waals surface area contributed by atoms with Crippen molar-refractivity contribution in [3.8, 4) is 0 Å². The SMILES string of the molecule is O=C(O)COC1CCN(C2CCCC(C(F)(F)F)C2)CC1. The van der Waals surface area contributed by atoms with E-state index in [-0.39, 0.29) is 31.6 Å².